The van der Waals surface area contributed by atoms with E-state index in [1.165, 1.54) is 24.3 Å². The van der Waals surface area contributed by atoms with Crippen molar-refractivity contribution in [1.29, 1.82) is 0 Å². The van der Waals surface area contributed by atoms with Gasteiger partial charge in [0, 0.05) is 0 Å². The minimum Gasteiger partial charge on any atom is -0.273 e. The maximum absolute atomic E-state index is 13.1. The van der Waals surface area contributed by atoms with E-state index in [9.17, 15) is 17.6 Å². The fourth-order valence-corrected chi connectivity index (χ4v) is 3.90. The molecule has 0 atom stereocenters. The fourth-order valence-electron chi connectivity index (χ4n) is 2.82. The summed E-state index contributed by atoms with van der Waals surface area (Å²) in [7, 11) is -3.91. The van der Waals surface area contributed by atoms with E-state index in [0.717, 1.165) is 6.42 Å². The van der Waals surface area contributed by atoms with Crippen LogP contribution in [0.2, 0.25) is 0 Å². The van der Waals surface area contributed by atoms with Gasteiger partial charge in [0.15, 0.2) is 0 Å². The first kappa shape index (κ1) is 15.7. The van der Waals surface area contributed by atoms with Gasteiger partial charge in [-0.05, 0) is 42.7 Å². The van der Waals surface area contributed by atoms with Crippen LogP contribution in [0, 0.1) is 5.82 Å². The Morgan fingerprint density at radius 3 is 2.13 bits per heavy atom. The zero-order valence-electron chi connectivity index (χ0n) is 12.3. The lowest BCUT2D eigenvalue weighted by Gasteiger charge is -2.40. The molecule has 0 heterocycles. The highest BCUT2D eigenvalue weighted by Crippen LogP contribution is 2.44. The van der Waals surface area contributed by atoms with Gasteiger partial charge in [0.1, 0.15) is 5.82 Å². The highest BCUT2D eigenvalue weighted by atomic mass is 32.2. The first-order valence-electron chi connectivity index (χ1n) is 7.32. The average Bonchev–Trinajstić information content (AvgIpc) is 2.48. The maximum Gasteiger partial charge on any atom is 0.264 e. The molecule has 120 valence electrons. The summed E-state index contributed by atoms with van der Waals surface area (Å²) < 4.78 is 39.9. The number of carbonyl (C=O) groups excluding carboxylic acids is 1. The van der Waals surface area contributed by atoms with Crippen molar-refractivity contribution in [1.82, 2.24) is 4.72 Å². The maximum atomic E-state index is 13.1. The minimum absolute atomic E-state index is 0.0435. The molecule has 1 saturated carbocycles. The summed E-state index contributed by atoms with van der Waals surface area (Å²) in [6, 6.07) is 13.4. The second-order valence-corrected chi connectivity index (χ2v) is 7.37. The Morgan fingerprint density at radius 1 is 1.00 bits per heavy atom. The summed E-state index contributed by atoms with van der Waals surface area (Å²) in [5.74, 6) is -0.945. The summed E-state index contributed by atoms with van der Waals surface area (Å²) in [5, 5.41) is 0. The molecule has 4 nitrogen and oxygen atoms in total. The molecular weight excluding hydrogens is 317 g/mol. The van der Waals surface area contributed by atoms with E-state index in [1.54, 1.807) is 30.3 Å². The zero-order chi connectivity index (χ0) is 16.5. The normalized spacial score (nSPS) is 16.4. The highest BCUT2D eigenvalue weighted by molar-refractivity contribution is 7.90. The van der Waals surface area contributed by atoms with E-state index in [4.69, 9.17) is 0 Å². The second kappa shape index (κ2) is 5.77. The average molecular weight is 333 g/mol. The molecule has 0 spiro atoms. The molecule has 0 unspecified atom stereocenters. The topological polar surface area (TPSA) is 63.2 Å². The van der Waals surface area contributed by atoms with Gasteiger partial charge in [0.25, 0.3) is 10.0 Å². The summed E-state index contributed by atoms with van der Waals surface area (Å²) in [6.07, 6.45) is 1.93. The Hall–Kier alpha value is -2.21. The lowest BCUT2D eigenvalue weighted by molar-refractivity contribution is -0.128. The zero-order valence-corrected chi connectivity index (χ0v) is 13.1. The number of rotatable bonds is 4. The van der Waals surface area contributed by atoms with Crippen LogP contribution in [0.5, 0.6) is 0 Å². The van der Waals surface area contributed by atoms with Crippen molar-refractivity contribution in [2.75, 3.05) is 0 Å². The summed E-state index contributed by atoms with van der Waals surface area (Å²) in [4.78, 5) is 12.7. The number of sulfonamides is 1. The van der Waals surface area contributed by atoms with Crippen LogP contribution < -0.4 is 4.72 Å². The molecule has 0 radical (unpaired) electrons. The standard InChI is InChI=1S/C17H16FNO3S/c18-14-9-7-13(8-10-14)17(11-4-12-17)16(20)19-23(21,22)15-5-2-1-3-6-15/h1-3,5-10H,4,11-12H2,(H,19,20). The molecule has 6 heteroatoms. The van der Waals surface area contributed by atoms with Crippen molar-refractivity contribution in [3.05, 3.63) is 66.0 Å². The van der Waals surface area contributed by atoms with Crippen LogP contribution in [0.4, 0.5) is 4.39 Å². The van der Waals surface area contributed by atoms with E-state index in [0.29, 0.717) is 18.4 Å². The number of benzene rings is 2. The molecule has 1 aliphatic carbocycles. The van der Waals surface area contributed by atoms with Crippen LogP contribution >= 0.6 is 0 Å². The van der Waals surface area contributed by atoms with Crippen molar-refractivity contribution in [3.63, 3.8) is 0 Å². The predicted molar refractivity (Wildman–Crippen MR) is 83.7 cm³/mol. The lowest BCUT2D eigenvalue weighted by Crippen LogP contribution is -2.50. The first-order valence-corrected chi connectivity index (χ1v) is 8.81. The van der Waals surface area contributed by atoms with E-state index in [-0.39, 0.29) is 10.7 Å². The molecule has 0 aliphatic heterocycles. The molecule has 0 bridgehead atoms. The Morgan fingerprint density at radius 2 is 1.61 bits per heavy atom. The highest BCUT2D eigenvalue weighted by Gasteiger charge is 2.46. The summed E-state index contributed by atoms with van der Waals surface area (Å²) in [6.45, 7) is 0. The van der Waals surface area contributed by atoms with E-state index < -0.39 is 21.3 Å². The monoisotopic (exact) mass is 333 g/mol. The molecule has 2 aromatic rings. The largest absolute Gasteiger partial charge is 0.273 e. The minimum atomic E-state index is -3.91. The summed E-state index contributed by atoms with van der Waals surface area (Å²) in [5.41, 5.74) is -0.249. The lowest BCUT2D eigenvalue weighted by atomic mass is 9.64. The molecule has 3 rings (SSSR count). The molecule has 23 heavy (non-hydrogen) atoms. The van der Waals surface area contributed by atoms with Gasteiger partial charge >= 0.3 is 0 Å². The van der Waals surface area contributed by atoms with Crippen LogP contribution in [0.15, 0.2) is 59.5 Å². The molecular formula is C17H16FNO3S. The third-order valence-corrected chi connectivity index (χ3v) is 5.67. The molecule has 1 aliphatic rings. The van der Waals surface area contributed by atoms with Gasteiger partial charge < -0.3 is 0 Å². The first-order chi connectivity index (χ1) is 10.9. The van der Waals surface area contributed by atoms with Gasteiger partial charge in [-0.15, -0.1) is 0 Å². The number of amides is 1. The van der Waals surface area contributed by atoms with Crippen molar-refractivity contribution < 1.29 is 17.6 Å². The Bertz CT molecular complexity index is 813. The number of halogens is 1. The predicted octanol–water partition coefficient (Wildman–Crippen LogP) is 2.75. The van der Waals surface area contributed by atoms with Crippen LogP contribution in [-0.2, 0) is 20.2 Å². The Balaban J connectivity index is 1.88. The van der Waals surface area contributed by atoms with Crippen molar-refractivity contribution in [2.45, 2.75) is 29.6 Å². The summed E-state index contributed by atoms with van der Waals surface area (Å²) >= 11 is 0. The molecule has 1 amide bonds. The van der Waals surface area contributed by atoms with Crippen LogP contribution in [0.1, 0.15) is 24.8 Å². The molecule has 1 fully saturated rings. The third-order valence-electron chi connectivity index (χ3n) is 4.32. The van der Waals surface area contributed by atoms with Crippen molar-refractivity contribution >= 4 is 15.9 Å². The van der Waals surface area contributed by atoms with Crippen molar-refractivity contribution in [3.8, 4) is 0 Å². The van der Waals surface area contributed by atoms with Crippen LogP contribution in [0.25, 0.3) is 0 Å². The Kier molecular flexibility index (Phi) is 3.93. The number of carbonyl (C=O) groups is 1. The molecule has 0 aromatic heterocycles. The second-order valence-electron chi connectivity index (χ2n) is 5.69. The van der Waals surface area contributed by atoms with Crippen molar-refractivity contribution in [2.24, 2.45) is 0 Å². The SMILES string of the molecule is O=C(NS(=O)(=O)c1ccccc1)C1(c2ccc(F)cc2)CCC1. The van der Waals surface area contributed by atoms with Gasteiger partial charge in [-0.3, -0.25) is 4.79 Å². The smallest absolute Gasteiger partial charge is 0.264 e. The van der Waals surface area contributed by atoms with E-state index in [1.807, 2.05) is 0 Å². The fraction of sp³-hybridized carbons (Fsp3) is 0.235. The van der Waals surface area contributed by atoms with E-state index in [2.05, 4.69) is 4.72 Å². The Labute approximate surface area is 134 Å². The van der Waals surface area contributed by atoms with Gasteiger partial charge in [-0.25, -0.2) is 17.5 Å². The number of hydrogen-bond acceptors (Lipinski definition) is 3. The molecule has 1 N–H and O–H groups in total. The van der Waals surface area contributed by atoms with E-state index >= 15 is 0 Å². The molecule has 0 saturated heterocycles. The van der Waals surface area contributed by atoms with Gasteiger partial charge in [0.2, 0.25) is 5.91 Å². The van der Waals surface area contributed by atoms with Gasteiger partial charge in [0.05, 0.1) is 10.3 Å². The number of hydrogen-bond donors (Lipinski definition) is 1. The van der Waals surface area contributed by atoms with Gasteiger partial charge in [-0.2, -0.15) is 0 Å². The number of nitrogens with one attached hydrogen (secondary N) is 1. The van der Waals surface area contributed by atoms with Crippen LogP contribution in [0.3, 0.4) is 0 Å². The third kappa shape index (κ3) is 2.86. The molecule has 2 aromatic carbocycles. The van der Waals surface area contributed by atoms with Gasteiger partial charge in [-0.1, -0.05) is 36.8 Å². The quantitative estimate of drug-likeness (QED) is 0.936. The van der Waals surface area contributed by atoms with Crippen LogP contribution in [-0.4, -0.2) is 14.3 Å².